The molecule has 0 spiro atoms. The van der Waals surface area contributed by atoms with Gasteiger partial charge in [0, 0.05) is 12.8 Å². The van der Waals surface area contributed by atoms with Gasteiger partial charge in [-0.05, 0) is 37.0 Å². The number of anilines is 1. The number of nitrogens with zero attached hydrogens (tertiary/aromatic N) is 2. The number of hydrogen-bond donors (Lipinski definition) is 3. The van der Waals surface area contributed by atoms with E-state index in [-0.39, 0.29) is 11.6 Å². The fourth-order valence-corrected chi connectivity index (χ4v) is 3.35. The summed E-state index contributed by atoms with van der Waals surface area (Å²) in [6.07, 6.45) is 3.82. The minimum absolute atomic E-state index is 0.0506. The number of imidazole rings is 1. The molecule has 0 fully saturated rings. The lowest BCUT2D eigenvalue weighted by molar-refractivity contribution is -0.116. The second kappa shape index (κ2) is 7.39. The number of amides is 1. The van der Waals surface area contributed by atoms with Gasteiger partial charge in [0.1, 0.15) is 5.01 Å². The molecule has 24 heavy (non-hydrogen) atoms. The summed E-state index contributed by atoms with van der Waals surface area (Å²) in [5.74, 6) is -0.0506. The third kappa shape index (κ3) is 4.08. The summed E-state index contributed by atoms with van der Waals surface area (Å²) in [7, 11) is 0. The van der Waals surface area contributed by atoms with E-state index in [9.17, 15) is 9.59 Å². The van der Waals surface area contributed by atoms with Crippen LogP contribution in [0.5, 0.6) is 0 Å². The highest BCUT2D eigenvalue weighted by atomic mass is 32.1. The molecule has 0 radical (unpaired) electrons. The molecule has 3 aromatic rings. The molecule has 0 atom stereocenters. The van der Waals surface area contributed by atoms with Crippen molar-refractivity contribution in [2.45, 2.75) is 39.0 Å². The largest absolute Gasteiger partial charge is 0.323 e. The highest BCUT2D eigenvalue weighted by Crippen LogP contribution is 2.17. The molecule has 3 rings (SSSR count). The third-order valence-corrected chi connectivity index (χ3v) is 4.53. The molecule has 8 heteroatoms. The van der Waals surface area contributed by atoms with Crippen molar-refractivity contribution < 1.29 is 4.79 Å². The van der Waals surface area contributed by atoms with Crippen LogP contribution in [-0.2, 0) is 17.6 Å². The first kappa shape index (κ1) is 16.4. The monoisotopic (exact) mass is 345 g/mol. The van der Waals surface area contributed by atoms with E-state index in [1.54, 1.807) is 0 Å². The number of nitrogens with one attached hydrogen (secondary N) is 3. The zero-order chi connectivity index (χ0) is 16.9. The van der Waals surface area contributed by atoms with E-state index < -0.39 is 0 Å². The Balaban J connectivity index is 1.49. The summed E-state index contributed by atoms with van der Waals surface area (Å²) in [6.45, 7) is 2.08. The Labute approximate surface area is 142 Å². The lowest BCUT2D eigenvalue weighted by Crippen LogP contribution is -2.11. The third-order valence-electron chi connectivity index (χ3n) is 3.63. The summed E-state index contributed by atoms with van der Waals surface area (Å²) in [5, 5.41) is 12.3. The minimum Gasteiger partial charge on any atom is -0.306 e. The first-order valence-corrected chi connectivity index (χ1v) is 8.79. The number of fused-ring (bicyclic) bond motifs is 1. The van der Waals surface area contributed by atoms with Crippen LogP contribution in [-0.4, -0.2) is 26.1 Å². The van der Waals surface area contributed by atoms with Gasteiger partial charge in [0.25, 0.3) is 0 Å². The highest BCUT2D eigenvalue weighted by Gasteiger charge is 2.08. The Bertz CT molecular complexity index is 895. The Morgan fingerprint density at radius 3 is 2.88 bits per heavy atom. The molecule has 2 heterocycles. The van der Waals surface area contributed by atoms with Crippen LogP contribution < -0.4 is 11.0 Å². The van der Waals surface area contributed by atoms with E-state index in [0.29, 0.717) is 11.6 Å². The predicted octanol–water partition coefficient (Wildman–Crippen LogP) is 2.62. The van der Waals surface area contributed by atoms with E-state index in [0.717, 1.165) is 47.3 Å². The number of aromatic nitrogens is 4. The van der Waals surface area contributed by atoms with Crippen LogP contribution in [0.15, 0.2) is 23.0 Å². The van der Waals surface area contributed by atoms with Crippen molar-refractivity contribution in [3.63, 3.8) is 0 Å². The van der Waals surface area contributed by atoms with Crippen LogP contribution >= 0.6 is 11.3 Å². The number of aryl methyl sites for hydroxylation is 2. The predicted molar refractivity (Wildman–Crippen MR) is 94.4 cm³/mol. The number of aromatic amines is 2. The minimum atomic E-state index is -0.207. The molecule has 0 aliphatic rings. The molecule has 126 valence electrons. The SMILES string of the molecule is CCCc1nnc(NC(=O)CCCc2ccc3[nH]c(=O)[nH]c3c2)s1. The fraction of sp³-hybridized carbons (Fsp3) is 0.375. The number of carbonyl (C=O) groups is 1. The molecule has 0 unspecified atom stereocenters. The summed E-state index contributed by atoms with van der Waals surface area (Å²) in [4.78, 5) is 28.7. The van der Waals surface area contributed by atoms with Gasteiger partial charge in [-0.15, -0.1) is 10.2 Å². The van der Waals surface area contributed by atoms with Gasteiger partial charge < -0.3 is 15.3 Å². The number of benzene rings is 1. The van der Waals surface area contributed by atoms with Gasteiger partial charge in [-0.2, -0.15) is 0 Å². The molecule has 1 aromatic carbocycles. The van der Waals surface area contributed by atoms with Crippen molar-refractivity contribution in [3.05, 3.63) is 39.3 Å². The zero-order valence-corrected chi connectivity index (χ0v) is 14.2. The normalized spacial score (nSPS) is 11.0. The van der Waals surface area contributed by atoms with E-state index in [1.165, 1.54) is 11.3 Å². The maximum atomic E-state index is 12.0. The van der Waals surface area contributed by atoms with E-state index in [2.05, 4.69) is 32.4 Å². The number of hydrogen-bond acceptors (Lipinski definition) is 5. The van der Waals surface area contributed by atoms with Gasteiger partial charge in [0.05, 0.1) is 11.0 Å². The van der Waals surface area contributed by atoms with Crippen molar-refractivity contribution in [1.29, 1.82) is 0 Å². The topological polar surface area (TPSA) is 104 Å². The van der Waals surface area contributed by atoms with Crippen LogP contribution in [0.3, 0.4) is 0 Å². The van der Waals surface area contributed by atoms with E-state index >= 15 is 0 Å². The molecule has 2 aromatic heterocycles. The van der Waals surface area contributed by atoms with Crippen molar-refractivity contribution in [3.8, 4) is 0 Å². The second-order valence-electron chi connectivity index (χ2n) is 5.61. The van der Waals surface area contributed by atoms with Gasteiger partial charge in [0.15, 0.2) is 0 Å². The molecule has 1 amide bonds. The molecular weight excluding hydrogens is 326 g/mol. The average molecular weight is 345 g/mol. The van der Waals surface area contributed by atoms with Crippen LogP contribution in [0, 0.1) is 0 Å². The number of rotatable bonds is 7. The fourth-order valence-electron chi connectivity index (χ4n) is 2.49. The smallest absolute Gasteiger partial charge is 0.306 e. The van der Waals surface area contributed by atoms with Crippen molar-refractivity contribution in [2.75, 3.05) is 5.32 Å². The lowest BCUT2D eigenvalue weighted by Gasteiger charge is -2.02. The Hall–Kier alpha value is -2.48. The van der Waals surface area contributed by atoms with Crippen LogP contribution in [0.25, 0.3) is 11.0 Å². The molecule has 0 saturated heterocycles. The number of carbonyl (C=O) groups excluding carboxylic acids is 1. The summed E-state index contributed by atoms with van der Waals surface area (Å²) >= 11 is 1.43. The van der Waals surface area contributed by atoms with E-state index in [4.69, 9.17) is 0 Å². The zero-order valence-electron chi connectivity index (χ0n) is 13.4. The molecule has 0 bridgehead atoms. The Morgan fingerprint density at radius 2 is 2.04 bits per heavy atom. The molecule has 0 aliphatic carbocycles. The molecule has 3 N–H and O–H groups in total. The first-order valence-electron chi connectivity index (χ1n) is 7.97. The van der Waals surface area contributed by atoms with E-state index in [1.807, 2.05) is 18.2 Å². The van der Waals surface area contributed by atoms with Gasteiger partial charge in [-0.3, -0.25) is 4.79 Å². The highest BCUT2D eigenvalue weighted by molar-refractivity contribution is 7.15. The standard InChI is InChI=1S/C16H19N5O2S/c1-2-4-14-20-21-16(24-14)19-13(22)6-3-5-10-7-8-11-12(9-10)18-15(23)17-11/h7-9H,2-6H2,1H3,(H2,17,18,23)(H,19,21,22). The maximum absolute atomic E-state index is 12.0. The van der Waals surface area contributed by atoms with Gasteiger partial charge >= 0.3 is 5.69 Å². The molecule has 0 aliphatic heterocycles. The second-order valence-corrected chi connectivity index (χ2v) is 6.67. The average Bonchev–Trinajstić information content (AvgIpc) is 3.12. The van der Waals surface area contributed by atoms with Gasteiger partial charge in [-0.1, -0.05) is 24.3 Å². The summed E-state index contributed by atoms with van der Waals surface area (Å²) in [5.41, 5.74) is 2.47. The molecule has 0 saturated carbocycles. The van der Waals surface area contributed by atoms with Gasteiger partial charge in [-0.25, -0.2) is 4.79 Å². The lowest BCUT2D eigenvalue weighted by atomic mass is 10.1. The van der Waals surface area contributed by atoms with Crippen molar-refractivity contribution >= 4 is 33.4 Å². The number of H-pyrrole nitrogens is 2. The van der Waals surface area contributed by atoms with Crippen LogP contribution in [0.2, 0.25) is 0 Å². The van der Waals surface area contributed by atoms with Crippen molar-refractivity contribution in [2.24, 2.45) is 0 Å². The van der Waals surface area contributed by atoms with Crippen molar-refractivity contribution in [1.82, 2.24) is 20.2 Å². The summed E-state index contributed by atoms with van der Waals surface area (Å²) in [6, 6.07) is 5.78. The maximum Gasteiger partial charge on any atom is 0.323 e. The summed E-state index contributed by atoms with van der Waals surface area (Å²) < 4.78 is 0. The Kier molecular flexibility index (Phi) is 5.05. The quantitative estimate of drug-likeness (QED) is 0.612. The molecular formula is C16H19N5O2S. The Morgan fingerprint density at radius 1 is 1.21 bits per heavy atom. The van der Waals surface area contributed by atoms with Gasteiger partial charge in [0.2, 0.25) is 11.0 Å². The van der Waals surface area contributed by atoms with Crippen LogP contribution in [0.4, 0.5) is 5.13 Å². The molecule has 7 nitrogen and oxygen atoms in total. The first-order chi connectivity index (χ1) is 11.6. The van der Waals surface area contributed by atoms with Crippen LogP contribution in [0.1, 0.15) is 36.8 Å².